The molecule has 0 aliphatic heterocycles. The van der Waals surface area contributed by atoms with Gasteiger partial charge in [-0.3, -0.25) is 20.2 Å². The second-order valence-corrected chi connectivity index (χ2v) is 26.6. The number of nitrogens with zero attached hydrogens (tertiary/aromatic N) is 2. The third-order valence-corrected chi connectivity index (χ3v) is 16.2. The zero-order valence-electron chi connectivity index (χ0n) is 45.5. The first kappa shape index (κ1) is 65.8. The number of ether oxygens (including phenoxy) is 2. The lowest BCUT2D eigenvalue weighted by Crippen LogP contribution is -2.40. The van der Waals surface area contributed by atoms with Crippen LogP contribution in [0.1, 0.15) is 94.9 Å². The second kappa shape index (κ2) is 29.7. The molecule has 18 nitrogen and oxygen atoms in total. The average molecular weight is 1220 g/mol. The molecule has 2 aromatic heterocycles. The van der Waals surface area contributed by atoms with Crippen LogP contribution in [0.3, 0.4) is 0 Å². The van der Waals surface area contributed by atoms with E-state index < -0.39 is 43.3 Å². The molecule has 0 aliphatic rings. The first-order chi connectivity index (χ1) is 36.9. The molecule has 4 aromatic carbocycles. The Morgan fingerprint density at radius 3 is 1.35 bits per heavy atom. The number of benzene rings is 4. The van der Waals surface area contributed by atoms with E-state index in [9.17, 15) is 36.0 Å². The smallest absolute Gasteiger partial charge is 0.411 e. The van der Waals surface area contributed by atoms with Gasteiger partial charge in [-0.1, -0.05) is 12.1 Å². The topological polar surface area (TPSA) is 267 Å². The first-order valence-electron chi connectivity index (χ1n) is 24.7. The van der Waals surface area contributed by atoms with Gasteiger partial charge in [-0.2, -0.15) is 0 Å². The summed E-state index contributed by atoms with van der Waals surface area (Å²) >= 11 is 18.6. The molecule has 0 bridgehead atoms. The number of nitrogens with two attached hydrogens (primary N) is 1. The number of sulfonamides is 2. The van der Waals surface area contributed by atoms with Crippen LogP contribution in [-0.4, -0.2) is 85.2 Å². The second-order valence-electron chi connectivity index (χ2n) is 20.0. The number of anilines is 4. The van der Waals surface area contributed by atoms with Crippen molar-refractivity contribution >= 4 is 124 Å². The fourth-order valence-corrected chi connectivity index (χ4v) is 12.5. The molecule has 7 N–H and O–H groups in total. The van der Waals surface area contributed by atoms with E-state index in [-0.39, 0.29) is 39.6 Å². The summed E-state index contributed by atoms with van der Waals surface area (Å²) in [5.41, 5.74) is 9.06. The Labute approximate surface area is 486 Å². The summed E-state index contributed by atoms with van der Waals surface area (Å²) < 4.78 is 68.4. The number of alkyl halides is 2. The summed E-state index contributed by atoms with van der Waals surface area (Å²) in [6, 6.07) is 23.9. The SMILES string of the molecule is CC(C)OC(=O)Nc1ccc(-c2ncc(-c3ccc(N)cc3S(=O)(=O)NC(C)(C)C)s2)cc1.CC(C)OC(=O)Nc1ccc(-c2ncc(-c3ccc(NC(=O)CCCCl)cc3S(=O)(=O)NC(C)(C)C)s2)cc1.O=C(Cl)CCCCl. The van der Waals surface area contributed by atoms with Gasteiger partial charge >= 0.3 is 12.2 Å². The van der Waals surface area contributed by atoms with Crippen LogP contribution in [0.5, 0.6) is 0 Å². The lowest BCUT2D eigenvalue weighted by Gasteiger charge is -2.22. The van der Waals surface area contributed by atoms with Crippen molar-refractivity contribution in [1.29, 1.82) is 0 Å². The van der Waals surface area contributed by atoms with Crippen LogP contribution in [0.15, 0.2) is 107 Å². The average Bonchev–Trinajstić information content (AvgIpc) is 4.04. The van der Waals surface area contributed by atoms with E-state index in [1.165, 1.54) is 34.8 Å². The third kappa shape index (κ3) is 22.4. The van der Waals surface area contributed by atoms with E-state index in [1.807, 2.05) is 24.3 Å². The molecule has 0 aliphatic carbocycles. The fraction of sp³-hybridized carbons (Fsp3) is 0.370. The molecule has 0 spiro atoms. The number of rotatable bonds is 19. The number of amides is 3. The highest BCUT2D eigenvalue weighted by Crippen LogP contribution is 2.39. The van der Waals surface area contributed by atoms with E-state index >= 15 is 0 Å². The van der Waals surface area contributed by atoms with Crippen LogP contribution < -0.4 is 31.1 Å². The molecule has 79 heavy (non-hydrogen) atoms. The van der Waals surface area contributed by atoms with E-state index in [0.717, 1.165) is 11.1 Å². The quantitative estimate of drug-likeness (QED) is 0.0251. The monoisotopic (exact) mass is 1220 g/mol. The van der Waals surface area contributed by atoms with Gasteiger partial charge in [-0.05, 0) is 166 Å². The molecule has 428 valence electrons. The molecular formula is C54H67Cl3N8O10S4. The molecule has 0 radical (unpaired) electrons. The van der Waals surface area contributed by atoms with E-state index in [2.05, 4.69) is 35.4 Å². The summed E-state index contributed by atoms with van der Waals surface area (Å²) in [4.78, 5) is 56.2. The van der Waals surface area contributed by atoms with Gasteiger partial charge in [0.1, 0.15) is 10.0 Å². The minimum Gasteiger partial charge on any atom is -0.447 e. The molecule has 0 unspecified atom stereocenters. The van der Waals surface area contributed by atoms with Crippen LogP contribution >= 0.6 is 57.5 Å². The number of carbonyl (C=O) groups is 4. The molecule has 0 fully saturated rings. The van der Waals surface area contributed by atoms with Crippen molar-refractivity contribution in [1.82, 2.24) is 19.4 Å². The van der Waals surface area contributed by atoms with Crippen LogP contribution in [0.25, 0.3) is 42.0 Å². The number of hydrogen-bond donors (Lipinski definition) is 6. The van der Waals surface area contributed by atoms with Gasteiger partial charge < -0.3 is 20.5 Å². The Morgan fingerprint density at radius 2 is 0.975 bits per heavy atom. The van der Waals surface area contributed by atoms with Gasteiger partial charge in [0, 0.05) is 93.1 Å². The number of hydrogen-bond acceptors (Lipinski definition) is 15. The third-order valence-electron chi connectivity index (χ3n) is 9.76. The molecule has 0 saturated heterocycles. The van der Waals surface area contributed by atoms with E-state index in [0.29, 0.717) is 84.7 Å². The number of aromatic nitrogens is 2. The van der Waals surface area contributed by atoms with Gasteiger partial charge in [0.05, 0.1) is 31.8 Å². The predicted octanol–water partition coefficient (Wildman–Crippen LogP) is 13.3. The Balaban J connectivity index is 0.000000307. The van der Waals surface area contributed by atoms with Gasteiger partial charge in [0.2, 0.25) is 31.2 Å². The maximum Gasteiger partial charge on any atom is 0.411 e. The summed E-state index contributed by atoms with van der Waals surface area (Å²) in [6.07, 6.45) is 3.61. The standard InChI is InChI=1S/C27H33ClN4O5S2.C23H28N4O4S2.C4H6Cl2O/c1-17(2)37-26(34)31-19-10-8-18(9-11-19)25-29-16-22(38-25)21-13-12-20(30-24(33)7-6-14-28)15-23(21)39(35,36)32-27(3,4)5;1-14(2)31-22(28)26-17-9-6-15(7-10-17)21-25-13-19(32-21)18-11-8-16(24)12-20(18)33(29,30)27-23(3,4)5;5-3-1-2-4(6)7/h8-13,15-17,32H,6-7,14H2,1-5H3,(H,30,33)(H,31,34);6-14,27H,24H2,1-5H3,(H,26,28);1-3H2. The Morgan fingerprint density at radius 1 is 0.582 bits per heavy atom. The minimum absolute atomic E-state index is 0.0333. The minimum atomic E-state index is -3.95. The van der Waals surface area contributed by atoms with Crippen molar-refractivity contribution in [2.75, 3.05) is 33.4 Å². The molecule has 0 saturated carbocycles. The summed E-state index contributed by atoms with van der Waals surface area (Å²) in [5, 5.41) is 9.17. The Kier molecular flexibility index (Phi) is 24.7. The Hall–Kier alpha value is -5.69. The van der Waals surface area contributed by atoms with Crippen molar-refractivity contribution in [3.63, 3.8) is 0 Å². The van der Waals surface area contributed by atoms with Crippen LogP contribution in [0.2, 0.25) is 0 Å². The van der Waals surface area contributed by atoms with Gasteiger partial charge in [-0.15, -0.1) is 45.9 Å². The first-order valence-corrected chi connectivity index (χ1v) is 30.7. The number of nitrogen functional groups attached to an aromatic ring is 1. The molecule has 3 amide bonds. The molecular weight excluding hydrogens is 1160 g/mol. The molecule has 0 atom stereocenters. The summed E-state index contributed by atoms with van der Waals surface area (Å²) in [6.45, 7) is 17.7. The molecule has 6 aromatic rings. The Bertz CT molecular complexity index is 3250. The largest absolute Gasteiger partial charge is 0.447 e. The zero-order valence-corrected chi connectivity index (χ0v) is 51.0. The lowest BCUT2D eigenvalue weighted by atomic mass is 10.1. The van der Waals surface area contributed by atoms with Gasteiger partial charge in [-0.25, -0.2) is 45.8 Å². The highest BCUT2D eigenvalue weighted by Gasteiger charge is 2.28. The van der Waals surface area contributed by atoms with E-state index in [4.69, 9.17) is 50.0 Å². The van der Waals surface area contributed by atoms with Crippen molar-refractivity contribution in [2.24, 2.45) is 0 Å². The predicted molar refractivity (Wildman–Crippen MR) is 320 cm³/mol. The van der Waals surface area contributed by atoms with Crippen molar-refractivity contribution in [2.45, 2.75) is 128 Å². The van der Waals surface area contributed by atoms with Crippen LogP contribution in [0, 0.1) is 0 Å². The molecule has 6 rings (SSSR count). The molecule has 2 heterocycles. The number of nitrogens with one attached hydrogen (secondary N) is 5. The maximum atomic E-state index is 13.4. The summed E-state index contributed by atoms with van der Waals surface area (Å²) in [5.74, 6) is 0.628. The zero-order chi connectivity index (χ0) is 58.9. The van der Waals surface area contributed by atoms with Crippen LogP contribution in [-0.2, 0) is 39.1 Å². The van der Waals surface area contributed by atoms with Crippen molar-refractivity contribution < 1.29 is 45.5 Å². The highest BCUT2D eigenvalue weighted by molar-refractivity contribution is 7.90. The summed E-state index contributed by atoms with van der Waals surface area (Å²) in [7, 11) is -7.75. The van der Waals surface area contributed by atoms with Gasteiger partial charge in [0.15, 0.2) is 0 Å². The van der Waals surface area contributed by atoms with Crippen molar-refractivity contribution in [3.05, 3.63) is 97.3 Å². The number of thiazole rings is 2. The highest BCUT2D eigenvalue weighted by atomic mass is 35.5. The molecule has 25 heteroatoms. The van der Waals surface area contributed by atoms with Crippen molar-refractivity contribution in [3.8, 4) is 42.0 Å². The van der Waals surface area contributed by atoms with Crippen LogP contribution in [0.4, 0.5) is 32.3 Å². The maximum absolute atomic E-state index is 13.4. The number of carbonyl (C=O) groups excluding carboxylic acids is 4. The lowest BCUT2D eigenvalue weighted by molar-refractivity contribution is -0.116. The normalized spacial score (nSPS) is 11.7. The fourth-order valence-electron chi connectivity index (χ4n) is 6.74. The number of halogens is 3. The van der Waals surface area contributed by atoms with E-state index in [1.54, 1.807) is 130 Å². The van der Waals surface area contributed by atoms with Gasteiger partial charge in [0.25, 0.3) is 0 Å².